The maximum atomic E-state index is 11.2. The van der Waals surface area contributed by atoms with Gasteiger partial charge in [0, 0.05) is 0 Å². The summed E-state index contributed by atoms with van der Waals surface area (Å²) in [6, 6.07) is 9.67. The molecule has 94 valence electrons. The van der Waals surface area contributed by atoms with Gasteiger partial charge >= 0.3 is 0 Å². The minimum absolute atomic E-state index is 0.436. The Labute approximate surface area is 105 Å². The molecule has 0 unspecified atom stereocenters. The molecule has 18 heavy (non-hydrogen) atoms. The van der Waals surface area contributed by atoms with Gasteiger partial charge in [-0.3, -0.25) is 4.79 Å². The second-order valence-electron chi connectivity index (χ2n) is 4.00. The first-order valence-electron chi connectivity index (χ1n) is 5.66. The number of carbonyl (C=O) groups is 1. The first kappa shape index (κ1) is 12.3. The van der Waals surface area contributed by atoms with E-state index in [1.54, 1.807) is 4.68 Å². The molecule has 5 nitrogen and oxygen atoms in total. The molecule has 2 aromatic rings. The Morgan fingerprint density at radius 3 is 2.61 bits per heavy atom. The Kier molecular flexibility index (Phi) is 3.43. The number of nitrogens with one attached hydrogen (secondary N) is 1. The fourth-order valence-corrected chi connectivity index (χ4v) is 1.82. The number of aliphatic hydroxyl groups excluding tert-OH is 1. The number of rotatable bonds is 3. The molecule has 1 amide bonds. The monoisotopic (exact) mass is 245 g/mol. The van der Waals surface area contributed by atoms with Crippen molar-refractivity contribution in [2.45, 2.75) is 13.8 Å². The van der Waals surface area contributed by atoms with Crippen LogP contribution in [0.4, 0.5) is 5.69 Å². The van der Waals surface area contributed by atoms with Crippen LogP contribution >= 0.6 is 0 Å². The molecule has 0 aliphatic heterocycles. The Balaban J connectivity index is 2.41. The summed E-state index contributed by atoms with van der Waals surface area (Å²) < 4.78 is 1.77. The quantitative estimate of drug-likeness (QED) is 0.859. The number of aryl methyl sites for hydroxylation is 1. The van der Waals surface area contributed by atoms with Crippen molar-refractivity contribution in [1.82, 2.24) is 9.78 Å². The van der Waals surface area contributed by atoms with Crippen molar-refractivity contribution in [2.75, 3.05) is 11.9 Å². The van der Waals surface area contributed by atoms with Crippen molar-refractivity contribution in [3.63, 3.8) is 0 Å². The Hall–Kier alpha value is -2.14. The lowest BCUT2D eigenvalue weighted by Crippen LogP contribution is -2.16. The second-order valence-corrected chi connectivity index (χ2v) is 4.00. The molecule has 0 bridgehead atoms. The van der Waals surface area contributed by atoms with Crippen molar-refractivity contribution in [3.05, 3.63) is 41.7 Å². The molecular formula is C13H15N3O2. The number of hydrogen-bond acceptors (Lipinski definition) is 3. The molecule has 2 N–H and O–H groups in total. The molecule has 0 atom stereocenters. The first-order chi connectivity index (χ1) is 8.63. The third-order valence-electron chi connectivity index (χ3n) is 2.70. The van der Waals surface area contributed by atoms with Crippen LogP contribution in [0.5, 0.6) is 0 Å². The van der Waals surface area contributed by atoms with Crippen LogP contribution in [0.1, 0.15) is 11.4 Å². The lowest BCUT2D eigenvalue weighted by Gasteiger charge is -2.05. The number of benzene rings is 1. The van der Waals surface area contributed by atoms with Crippen LogP contribution in [0.3, 0.4) is 0 Å². The van der Waals surface area contributed by atoms with E-state index in [-0.39, 0.29) is 0 Å². The van der Waals surface area contributed by atoms with E-state index < -0.39 is 12.5 Å². The molecule has 2 rings (SSSR count). The molecule has 5 heteroatoms. The van der Waals surface area contributed by atoms with E-state index >= 15 is 0 Å². The SMILES string of the molecule is Cc1nn(-c2ccccc2)c(C)c1NC(=O)CO. The zero-order chi connectivity index (χ0) is 13.1. The summed E-state index contributed by atoms with van der Waals surface area (Å²) in [6.45, 7) is 3.16. The lowest BCUT2D eigenvalue weighted by atomic mass is 10.3. The van der Waals surface area contributed by atoms with E-state index in [0.717, 1.165) is 17.1 Å². The molecule has 1 aromatic heterocycles. The lowest BCUT2D eigenvalue weighted by molar-refractivity contribution is -0.118. The molecule has 1 heterocycles. The number of aromatic nitrogens is 2. The molecule has 0 spiro atoms. The highest BCUT2D eigenvalue weighted by atomic mass is 16.3. The minimum Gasteiger partial charge on any atom is -0.387 e. The summed E-state index contributed by atoms with van der Waals surface area (Å²) in [7, 11) is 0. The van der Waals surface area contributed by atoms with E-state index in [9.17, 15) is 4.79 Å². The first-order valence-corrected chi connectivity index (χ1v) is 5.66. The van der Waals surface area contributed by atoms with E-state index in [2.05, 4.69) is 10.4 Å². The van der Waals surface area contributed by atoms with Gasteiger partial charge < -0.3 is 10.4 Å². The Morgan fingerprint density at radius 1 is 1.33 bits per heavy atom. The number of carbonyl (C=O) groups excluding carboxylic acids is 1. The minimum atomic E-state index is -0.532. The van der Waals surface area contributed by atoms with Gasteiger partial charge in [-0.25, -0.2) is 4.68 Å². The van der Waals surface area contributed by atoms with Crippen LogP contribution in [0.15, 0.2) is 30.3 Å². The summed E-state index contributed by atoms with van der Waals surface area (Å²) in [4.78, 5) is 11.2. The van der Waals surface area contributed by atoms with E-state index in [1.165, 1.54) is 0 Å². The fraction of sp³-hybridized carbons (Fsp3) is 0.231. The zero-order valence-corrected chi connectivity index (χ0v) is 10.3. The van der Waals surface area contributed by atoms with Crippen LogP contribution in [0, 0.1) is 13.8 Å². The highest BCUT2D eigenvalue weighted by molar-refractivity contribution is 5.92. The standard InChI is InChI=1S/C13H15N3O2/c1-9-13(14-12(18)8-17)10(2)16(15-9)11-6-4-3-5-7-11/h3-7,17H,8H2,1-2H3,(H,14,18). The number of anilines is 1. The largest absolute Gasteiger partial charge is 0.387 e. The average molecular weight is 245 g/mol. The van der Waals surface area contributed by atoms with E-state index in [0.29, 0.717) is 5.69 Å². The Morgan fingerprint density at radius 2 is 2.00 bits per heavy atom. The van der Waals surface area contributed by atoms with Crippen LogP contribution in [0.2, 0.25) is 0 Å². The number of aliphatic hydroxyl groups is 1. The smallest absolute Gasteiger partial charge is 0.250 e. The van der Waals surface area contributed by atoms with Gasteiger partial charge in [0.1, 0.15) is 6.61 Å². The van der Waals surface area contributed by atoms with Gasteiger partial charge in [0.2, 0.25) is 5.91 Å². The van der Waals surface area contributed by atoms with Crippen molar-refractivity contribution in [3.8, 4) is 5.69 Å². The molecule has 0 aliphatic rings. The maximum absolute atomic E-state index is 11.2. The second kappa shape index (κ2) is 5.01. The van der Waals surface area contributed by atoms with Crippen LogP contribution in [-0.2, 0) is 4.79 Å². The molecule has 0 aliphatic carbocycles. The highest BCUT2D eigenvalue weighted by Crippen LogP contribution is 2.22. The van der Waals surface area contributed by atoms with Gasteiger partial charge in [-0.2, -0.15) is 5.10 Å². The average Bonchev–Trinajstić information content (AvgIpc) is 2.67. The number of para-hydroxylation sites is 1. The summed E-state index contributed by atoms with van der Waals surface area (Å²) in [5.74, 6) is -0.436. The number of hydrogen-bond donors (Lipinski definition) is 2. The molecule has 0 fully saturated rings. The van der Waals surface area contributed by atoms with Gasteiger partial charge in [0.25, 0.3) is 0 Å². The van der Waals surface area contributed by atoms with Gasteiger partial charge in [-0.15, -0.1) is 0 Å². The van der Waals surface area contributed by atoms with Crippen molar-refractivity contribution in [1.29, 1.82) is 0 Å². The van der Waals surface area contributed by atoms with Crippen molar-refractivity contribution < 1.29 is 9.90 Å². The summed E-state index contributed by atoms with van der Waals surface area (Å²) in [6.07, 6.45) is 0. The predicted molar refractivity (Wildman–Crippen MR) is 68.8 cm³/mol. The molecule has 0 radical (unpaired) electrons. The van der Waals surface area contributed by atoms with Crippen LogP contribution in [-0.4, -0.2) is 27.4 Å². The topological polar surface area (TPSA) is 67.2 Å². The third kappa shape index (κ3) is 2.26. The highest BCUT2D eigenvalue weighted by Gasteiger charge is 2.14. The third-order valence-corrected chi connectivity index (χ3v) is 2.70. The fourth-order valence-electron chi connectivity index (χ4n) is 1.82. The van der Waals surface area contributed by atoms with Crippen molar-refractivity contribution in [2.24, 2.45) is 0 Å². The maximum Gasteiger partial charge on any atom is 0.250 e. The van der Waals surface area contributed by atoms with E-state index in [4.69, 9.17) is 5.11 Å². The molecule has 0 saturated carbocycles. The van der Waals surface area contributed by atoms with Crippen LogP contribution in [0.25, 0.3) is 5.69 Å². The number of nitrogens with zero attached hydrogens (tertiary/aromatic N) is 2. The van der Waals surface area contributed by atoms with Crippen LogP contribution < -0.4 is 5.32 Å². The summed E-state index contributed by atoms with van der Waals surface area (Å²) >= 11 is 0. The predicted octanol–water partition coefficient (Wildman–Crippen LogP) is 1.42. The van der Waals surface area contributed by atoms with Crippen molar-refractivity contribution >= 4 is 11.6 Å². The summed E-state index contributed by atoms with van der Waals surface area (Å²) in [5.41, 5.74) is 3.14. The molecule has 1 aromatic carbocycles. The molecule has 0 saturated heterocycles. The zero-order valence-electron chi connectivity index (χ0n) is 10.3. The summed E-state index contributed by atoms with van der Waals surface area (Å²) in [5, 5.41) is 15.8. The van der Waals surface area contributed by atoms with Gasteiger partial charge in [0.15, 0.2) is 0 Å². The number of amides is 1. The van der Waals surface area contributed by atoms with Gasteiger partial charge in [0.05, 0.1) is 22.8 Å². The molecular weight excluding hydrogens is 230 g/mol. The van der Waals surface area contributed by atoms with Gasteiger partial charge in [-0.05, 0) is 26.0 Å². The Bertz CT molecular complexity index is 561. The van der Waals surface area contributed by atoms with Gasteiger partial charge in [-0.1, -0.05) is 18.2 Å². The normalized spacial score (nSPS) is 10.4. The van der Waals surface area contributed by atoms with E-state index in [1.807, 2.05) is 44.2 Å².